The maximum absolute atomic E-state index is 13.1. The van der Waals surface area contributed by atoms with Gasteiger partial charge in [-0.25, -0.2) is 4.79 Å². The van der Waals surface area contributed by atoms with E-state index in [1.165, 1.54) is 30.3 Å². The molecule has 9 heteroatoms. The summed E-state index contributed by atoms with van der Waals surface area (Å²) in [7, 11) is 0. The molecule has 0 fully saturated rings. The van der Waals surface area contributed by atoms with Crippen LogP contribution in [0.5, 0.6) is 0 Å². The lowest BCUT2D eigenvalue weighted by Crippen LogP contribution is -2.26. The van der Waals surface area contributed by atoms with Gasteiger partial charge in [-0.05, 0) is 56.3 Å². The smallest absolute Gasteiger partial charge is 0.416 e. The van der Waals surface area contributed by atoms with Crippen molar-refractivity contribution in [2.24, 2.45) is 0 Å². The minimum Gasteiger partial charge on any atom is -0.452 e. The molecular weight excluding hydrogens is 387 g/mol. The fourth-order valence-electron chi connectivity index (χ4n) is 2.67. The zero-order valence-electron chi connectivity index (χ0n) is 16.0. The van der Waals surface area contributed by atoms with Crippen molar-refractivity contribution in [2.75, 3.05) is 35.6 Å². The molecule has 1 amide bonds. The van der Waals surface area contributed by atoms with Gasteiger partial charge in [0.25, 0.3) is 5.91 Å². The molecular formula is C20H22F3N3O3. The summed E-state index contributed by atoms with van der Waals surface area (Å²) in [6.07, 6.45) is -4.55. The minimum atomic E-state index is -4.55. The average molecular weight is 409 g/mol. The average Bonchev–Trinajstić information content (AvgIpc) is 2.67. The van der Waals surface area contributed by atoms with E-state index in [1.807, 2.05) is 13.8 Å². The Hall–Kier alpha value is -3.23. The molecule has 29 heavy (non-hydrogen) atoms. The minimum absolute atomic E-state index is 0.00272. The zero-order chi connectivity index (χ0) is 21.6. The molecule has 0 unspecified atom stereocenters. The van der Waals surface area contributed by atoms with Gasteiger partial charge in [0, 0.05) is 18.8 Å². The molecule has 6 nitrogen and oxygen atoms in total. The number of hydrogen-bond acceptors (Lipinski definition) is 5. The fraction of sp³-hybridized carbons (Fsp3) is 0.300. The topological polar surface area (TPSA) is 84.7 Å². The Morgan fingerprint density at radius 1 is 1.07 bits per heavy atom. The number of carbonyl (C=O) groups is 2. The first-order valence-corrected chi connectivity index (χ1v) is 8.94. The summed E-state index contributed by atoms with van der Waals surface area (Å²) in [4.78, 5) is 26.0. The standard InChI is InChI=1S/C20H22F3N3O3/c1-3-26(4-2)17-10-7-14(20(21,22)23)11-16(17)25-18(27)12-29-19(28)13-5-8-15(24)9-6-13/h5-11H,3-4,12,24H2,1-2H3,(H,25,27). The summed E-state index contributed by atoms with van der Waals surface area (Å²) in [6.45, 7) is 4.13. The van der Waals surface area contributed by atoms with Crippen molar-refractivity contribution in [1.29, 1.82) is 0 Å². The van der Waals surface area contributed by atoms with Crippen LogP contribution in [0.4, 0.5) is 30.2 Å². The van der Waals surface area contributed by atoms with E-state index in [0.29, 0.717) is 24.5 Å². The Bertz CT molecular complexity index is 864. The van der Waals surface area contributed by atoms with E-state index < -0.39 is 30.2 Å². The van der Waals surface area contributed by atoms with Gasteiger partial charge in [0.2, 0.25) is 0 Å². The fourth-order valence-corrected chi connectivity index (χ4v) is 2.67. The van der Waals surface area contributed by atoms with Crippen molar-refractivity contribution in [3.8, 4) is 0 Å². The number of nitrogens with one attached hydrogen (secondary N) is 1. The van der Waals surface area contributed by atoms with E-state index >= 15 is 0 Å². The maximum Gasteiger partial charge on any atom is 0.416 e. The molecule has 0 atom stereocenters. The van der Waals surface area contributed by atoms with Gasteiger partial charge < -0.3 is 20.7 Å². The molecule has 0 spiro atoms. The summed E-state index contributed by atoms with van der Waals surface area (Å²) in [5, 5.41) is 2.41. The highest BCUT2D eigenvalue weighted by Gasteiger charge is 2.31. The van der Waals surface area contributed by atoms with Crippen molar-refractivity contribution in [1.82, 2.24) is 0 Å². The molecule has 2 aromatic rings. The van der Waals surface area contributed by atoms with Gasteiger partial charge in [-0.2, -0.15) is 13.2 Å². The summed E-state index contributed by atoms with van der Waals surface area (Å²) in [5.41, 5.74) is 5.76. The maximum atomic E-state index is 13.1. The zero-order valence-corrected chi connectivity index (χ0v) is 16.0. The van der Waals surface area contributed by atoms with Crippen LogP contribution in [-0.2, 0) is 15.7 Å². The predicted octanol–water partition coefficient (Wildman–Crippen LogP) is 3.93. The number of hydrogen-bond donors (Lipinski definition) is 2. The van der Waals surface area contributed by atoms with Crippen LogP contribution >= 0.6 is 0 Å². The lowest BCUT2D eigenvalue weighted by molar-refractivity contribution is -0.137. The van der Waals surface area contributed by atoms with Gasteiger partial charge in [-0.15, -0.1) is 0 Å². The first-order chi connectivity index (χ1) is 13.7. The lowest BCUT2D eigenvalue weighted by Gasteiger charge is -2.25. The van der Waals surface area contributed by atoms with Crippen LogP contribution in [0.3, 0.4) is 0 Å². The van der Waals surface area contributed by atoms with Gasteiger partial charge in [0.15, 0.2) is 6.61 Å². The predicted molar refractivity (Wildman–Crippen MR) is 105 cm³/mol. The monoisotopic (exact) mass is 409 g/mol. The second kappa shape index (κ2) is 9.31. The quantitative estimate of drug-likeness (QED) is 0.535. The molecule has 0 aliphatic carbocycles. The summed E-state index contributed by atoms with van der Waals surface area (Å²) in [5.74, 6) is -1.49. The first kappa shape index (κ1) is 22.1. The number of rotatable bonds is 7. The molecule has 156 valence electrons. The number of nitrogens with two attached hydrogens (primary N) is 1. The van der Waals surface area contributed by atoms with E-state index in [4.69, 9.17) is 10.5 Å². The molecule has 0 saturated carbocycles. The lowest BCUT2D eigenvalue weighted by atomic mass is 10.1. The molecule has 0 aliphatic heterocycles. The highest BCUT2D eigenvalue weighted by atomic mass is 19.4. The third-order valence-electron chi connectivity index (χ3n) is 4.18. The number of ether oxygens (including phenoxy) is 1. The number of anilines is 3. The van der Waals surface area contributed by atoms with Crippen LogP contribution in [0.15, 0.2) is 42.5 Å². The van der Waals surface area contributed by atoms with Crippen LogP contribution in [-0.4, -0.2) is 31.6 Å². The molecule has 0 aromatic heterocycles. The van der Waals surface area contributed by atoms with Crippen LogP contribution in [0.1, 0.15) is 29.8 Å². The Labute approximate surface area is 166 Å². The second-order valence-electron chi connectivity index (χ2n) is 6.15. The van der Waals surface area contributed by atoms with Gasteiger partial charge >= 0.3 is 12.1 Å². The van der Waals surface area contributed by atoms with E-state index in [2.05, 4.69) is 5.32 Å². The number of esters is 1. The highest BCUT2D eigenvalue weighted by molar-refractivity contribution is 5.97. The Morgan fingerprint density at radius 2 is 1.69 bits per heavy atom. The van der Waals surface area contributed by atoms with Gasteiger partial charge in [-0.1, -0.05) is 0 Å². The van der Waals surface area contributed by atoms with Crippen molar-refractivity contribution < 1.29 is 27.5 Å². The normalized spacial score (nSPS) is 11.1. The molecule has 0 radical (unpaired) electrons. The number of alkyl halides is 3. The Balaban J connectivity index is 2.14. The van der Waals surface area contributed by atoms with E-state index in [9.17, 15) is 22.8 Å². The van der Waals surface area contributed by atoms with Crippen molar-refractivity contribution in [3.63, 3.8) is 0 Å². The SMILES string of the molecule is CCN(CC)c1ccc(C(F)(F)F)cc1NC(=O)COC(=O)c1ccc(N)cc1. The largest absolute Gasteiger partial charge is 0.452 e. The summed E-state index contributed by atoms with van der Waals surface area (Å²) in [6, 6.07) is 9.05. The Morgan fingerprint density at radius 3 is 2.24 bits per heavy atom. The summed E-state index contributed by atoms with van der Waals surface area (Å²) < 4.78 is 44.1. The highest BCUT2D eigenvalue weighted by Crippen LogP contribution is 2.35. The number of carbonyl (C=O) groups excluding carboxylic acids is 2. The number of amides is 1. The van der Waals surface area contributed by atoms with Crippen LogP contribution in [0, 0.1) is 0 Å². The molecule has 0 aliphatic rings. The number of halogens is 3. The first-order valence-electron chi connectivity index (χ1n) is 8.94. The number of nitrogen functional groups attached to an aromatic ring is 1. The summed E-state index contributed by atoms with van der Waals surface area (Å²) >= 11 is 0. The van der Waals surface area contributed by atoms with E-state index in [-0.39, 0.29) is 11.3 Å². The third-order valence-corrected chi connectivity index (χ3v) is 4.18. The second-order valence-corrected chi connectivity index (χ2v) is 6.15. The molecule has 0 heterocycles. The van der Waals surface area contributed by atoms with Crippen LogP contribution < -0.4 is 16.0 Å². The Kier molecular flexibility index (Phi) is 7.08. The van der Waals surface area contributed by atoms with Gasteiger partial charge in [0.05, 0.1) is 22.5 Å². The van der Waals surface area contributed by atoms with Gasteiger partial charge in [-0.3, -0.25) is 4.79 Å². The third kappa shape index (κ3) is 5.87. The molecule has 3 N–H and O–H groups in total. The van der Waals surface area contributed by atoms with Gasteiger partial charge in [0.1, 0.15) is 0 Å². The van der Waals surface area contributed by atoms with Crippen molar-refractivity contribution in [3.05, 3.63) is 53.6 Å². The molecule has 0 saturated heterocycles. The van der Waals surface area contributed by atoms with Crippen LogP contribution in [0.2, 0.25) is 0 Å². The molecule has 0 bridgehead atoms. The van der Waals surface area contributed by atoms with Crippen LogP contribution in [0.25, 0.3) is 0 Å². The van der Waals surface area contributed by atoms with Crippen molar-refractivity contribution in [2.45, 2.75) is 20.0 Å². The van der Waals surface area contributed by atoms with Crippen molar-refractivity contribution >= 4 is 28.9 Å². The number of benzene rings is 2. The molecule has 2 aromatic carbocycles. The molecule has 2 rings (SSSR count). The van der Waals surface area contributed by atoms with E-state index in [1.54, 1.807) is 4.90 Å². The number of nitrogens with zero attached hydrogens (tertiary/aromatic N) is 1. The van der Waals surface area contributed by atoms with E-state index in [0.717, 1.165) is 12.1 Å².